The SMILES string of the molecule is COc1ccccc1[C@@H]1Nc2cc(C(C)(C)C)cc(C(C)(C)C)c2O1. The van der Waals surface area contributed by atoms with Crippen molar-refractivity contribution in [3.8, 4) is 11.5 Å². The van der Waals surface area contributed by atoms with Crippen LogP contribution < -0.4 is 14.8 Å². The fourth-order valence-electron chi connectivity index (χ4n) is 3.17. The molecule has 0 radical (unpaired) electrons. The van der Waals surface area contributed by atoms with E-state index in [4.69, 9.17) is 9.47 Å². The van der Waals surface area contributed by atoms with E-state index in [0.717, 1.165) is 22.7 Å². The van der Waals surface area contributed by atoms with Crippen LogP contribution in [0.3, 0.4) is 0 Å². The summed E-state index contributed by atoms with van der Waals surface area (Å²) in [5, 5.41) is 3.55. The Morgan fingerprint density at radius 3 is 2.24 bits per heavy atom. The molecule has 1 N–H and O–H groups in total. The van der Waals surface area contributed by atoms with E-state index < -0.39 is 0 Å². The summed E-state index contributed by atoms with van der Waals surface area (Å²) in [5.74, 6) is 1.79. The minimum atomic E-state index is -0.234. The van der Waals surface area contributed by atoms with Crippen molar-refractivity contribution in [2.45, 2.75) is 58.6 Å². The molecule has 3 heteroatoms. The highest BCUT2D eigenvalue weighted by Crippen LogP contribution is 2.48. The van der Waals surface area contributed by atoms with E-state index in [2.05, 4.69) is 59.0 Å². The first-order valence-corrected chi connectivity index (χ1v) is 8.86. The van der Waals surface area contributed by atoms with Gasteiger partial charge in [-0.15, -0.1) is 0 Å². The van der Waals surface area contributed by atoms with Crippen molar-refractivity contribution in [3.05, 3.63) is 53.1 Å². The molecular weight excluding hydrogens is 310 g/mol. The minimum absolute atomic E-state index is 0.00267. The molecule has 3 rings (SSSR count). The molecule has 0 unspecified atom stereocenters. The average Bonchev–Trinajstić information content (AvgIpc) is 2.95. The summed E-state index contributed by atoms with van der Waals surface area (Å²) in [4.78, 5) is 0. The molecule has 3 nitrogen and oxygen atoms in total. The average molecular weight is 339 g/mol. The number of fused-ring (bicyclic) bond motifs is 1. The van der Waals surface area contributed by atoms with Crippen molar-refractivity contribution < 1.29 is 9.47 Å². The topological polar surface area (TPSA) is 30.5 Å². The van der Waals surface area contributed by atoms with Crippen molar-refractivity contribution in [2.24, 2.45) is 0 Å². The van der Waals surface area contributed by atoms with Crippen molar-refractivity contribution in [1.82, 2.24) is 0 Å². The number of ether oxygens (including phenoxy) is 2. The van der Waals surface area contributed by atoms with Crippen LogP contribution in [0.2, 0.25) is 0 Å². The molecule has 1 aliphatic rings. The Morgan fingerprint density at radius 1 is 0.960 bits per heavy atom. The van der Waals surface area contributed by atoms with Gasteiger partial charge in [0.25, 0.3) is 0 Å². The highest BCUT2D eigenvalue weighted by molar-refractivity contribution is 5.68. The van der Waals surface area contributed by atoms with Gasteiger partial charge in [-0.05, 0) is 34.6 Å². The zero-order valence-corrected chi connectivity index (χ0v) is 16.4. The maximum atomic E-state index is 6.37. The summed E-state index contributed by atoms with van der Waals surface area (Å²) >= 11 is 0. The maximum Gasteiger partial charge on any atom is 0.200 e. The zero-order valence-electron chi connectivity index (χ0n) is 16.4. The fourth-order valence-corrected chi connectivity index (χ4v) is 3.17. The molecule has 1 heterocycles. The van der Waals surface area contributed by atoms with Crippen molar-refractivity contribution >= 4 is 5.69 Å². The van der Waals surface area contributed by atoms with Crippen LogP contribution in [0.5, 0.6) is 11.5 Å². The third kappa shape index (κ3) is 3.33. The number of rotatable bonds is 2. The lowest BCUT2D eigenvalue weighted by Gasteiger charge is -2.26. The van der Waals surface area contributed by atoms with Gasteiger partial charge < -0.3 is 14.8 Å². The van der Waals surface area contributed by atoms with Crippen molar-refractivity contribution in [2.75, 3.05) is 12.4 Å². The monoisotopic (exact) mass is 339 g/mol. The molecule has 2 aromatic carbocycles. The van der Waals surface area contributed by atoms with E-state index in [9.17, 15) is 0 Å². The third-order valence-electron chi connectivity index (χ3n) is 4.71. The molecule has 2 aromatic rings. The summed E-state index contributed by atoms with van der Waals surface area (Å²) in [6, 6.07) is 12.5. The molecule has 0 fully saturated rings. The summed E-state index contributed by atoms with van der Waals surface area (Å²) < 4.78 is 11.9. The fraction of sp³-hybridized carbons (Fsp3) is 0.455. The first kappa shape index (κ1) is 17.7. The lowest BCUT2D eigenvalue weighted by molar-refractivity contribution is 0.247. The highest BCUT2D eigenvalue weighted by atomic mass is 16.5. The Hall–Kier alpha value is -2.16. The smallest absolute Gasteiger partial charge is 0.200 e. The molecule has 0 saturated carbocycles. The van der Waals surface area contributed by atoms with Crippen LogP contribution in [-0.4, -0.2) is 7.11 Å². The van der Waals surface area contributed by atoms with Crippen LogP contribution in [0, 0.1) is 0 Å². The van der Waals surface area contributed by atoms with Gasteiger partial charge in [0, 0.05) is 5.56 Å². The van der Waals surface area contributed by atoms with Crippen molar-refractivity contribution in [3.63, 3.8) is 0 Å². The molecule has 0 amide bonds. The van der Waals surface area contributed by atoms with E-state index in [-0.39, 0.29) is 17.1 Å². The number of benzene rings is 2. The molecule has 134 valence electrons. The molecule has 0 aliphatic carbocycles. The summed E-state index contributed by atoms with van der Waals surface area (Å²) in [6.07, 6.45) is -0.234. The van der Waals surface area contributed by atoms with Crippen LogP contribution in [0.25, 0.3) is 0 Å². The second-order valence-corrected chi connectivity index (χ2v) is 8.78. The highest BCUT2D eigenvalue weighted by Gasteiger charge is 2.33. The molecule has 0 bridgehead atoms. The number of nitrogens with one attached hydrogen (secondary N) is 1. The van der Waals surface area contributed by atoms with Crippen LogP contribution in [0.15, 0.2) is 36.4 Å². The minimum Gasteiger partial charge on any atom is -0.496 e. The van der Waals surface area contributed by atoms with Crippen LogP contribution in [-0.2, 0) is 10.8 Å². The Kier molecular flexibility index (Phi) is 4.22. The molecule has 25 heavy (non-hydrogen) atoms. The molecule has 0 spiro atoms. The summed E-state index contributed by atoms with van der Waals surface area (Å²) in [5.41, 5.74) is 4.71. The quantitative estimate of drug-likeness (QED) is 0.751. The van der Waals surface area contributed by atoms with Gasteiger partial charge >= 0.3 is 0 Å². The Balaban J connectivity index is 2.08. The first-order chi connectivity index (χ1) is 11.6. The second kappa shape index (κ2) is 5.98. The molecule has 0 saturated heterocycles. The van der Waals surface area contributed by atoms with E-state index in [1.165, 1.54) is 11.1 Å². The Labute approximate surface area is 151 Å². The van der Waals surface area contributed by atoms with Gasteiger partial charge in [-0.1, -0.05) is 59.7 Å². The number of hydrogen-bond donors (Lipinski definition) is 1. The second-order valence-electron chi connectivity index (χ2n) is 8.78. The van der Waals surface area contributed by atoms with Gasteiger partial charge in [0.2, 0.25) is 0 Å². The normalized spacial score (nSPS) is 16.8. The number of para-hydroxylation sites is 1. The molecule has 1 atom stereocenters. The van der Waals surface area contributed by atoms with Crippen LogP contribution in [0.1, 0.15) is 64.5 Å². The maximum absolute atomic E-state index is 6.37. The Bertz CT molecular complexity index is 782. The van der Waals surface area contributed by atoms with Gasteiger partial charge in [0.15, 0.2) is 6.23 Å². The lowest BCUT2D eigenvalue weighted by Crippen LogP contribution is -2.17. The van der Waals surface area contributed by atoms with E-state index in [1.54, 1.807) is 7.11 Å². The standard InChI is InChI=1S/C22H29NO2/c1-21(2,3)14-12-16(22(4,5)6)19-17(13-14)23-20(25-19)15-10-8-9-11-18(15)24-7/h8-13,20,23H,1-7H3/t20-/m1/s1. The third-order valence-corrected chi connectivity index (χ3v) is 4.71. The van der Waals surface area contributed by atoms with Gasteiger partial charge in [-0.25, -0.2) is 0 Å². The molecular formula is C22H29NO2. The van der Waals surface area contributed by atoms with E-state index in [1.807, 2.05) is 24.3 Å². The first-order valence-electron chi connectivity index (χ1n) is 8.86. The largest absolute Gasteiger partial charge is 0.496 e. The van der Waals surface area contributed by atoms with Crippen LogP contribution in [0.4, 0.5) is 5.69 Å². The summed E-state index contributed by atoms with van der Waals surface area (Å²) in [7, 11) is 1.69. The van der Waals surface area contributed by atoms with Gasteiger partial charge in [0.1, 0.15) is 11.5 Å². The molecule has 0 aromatic heterocycles. The van der Waals surface area contributed by atoms with Gasteiger partial charge in [-0.2, -0.15) is 0 Å². The Morgan fingerprint density at radius 2 is 1.64 bits per heavy atom. The number of methoxy groups -OCH3 is 1. The lowest BCUT2D eigenvalue weighted by atomic mass is 9.80. The van der Waals surface area contributed by atoms with Gasteiger partial charge in [0.05, 0.1) is 18.4 Å². The molecule has 1 aliphatic heterocycles. The summed E-state index contributed by atoms with van der Waals surface area (Å²) in [6.45, 7) is 13.4. The number of hydrogen-bond acceptors (Lipinski definition) is 3. The predicted octanol–water partition coefficient (Wildman–Crippen LogP) is 5.79. The van der Waals surface area contributed by atoms with Crippen molar-refractivity contribution in [1.29, 1.82) is 0 Å². The predicted molar refractivity (Wildman–Crippen MR) is 104 cm³/mol. The van der Waals surface area contributed by atoms with E-state index >= 15 is 0 Å². The number of anilines is 1. The van der Waals surface area contributed by atoms with Gasteiger partial charge in [-0.3, -0.25) is 0 Å². The van der Waals surface area contributed by atoms with E-state index in [0.29, 0.717) is 0 Å². The zero-order chi connectivity index (χ0) is 18.4. The van der Waals surface area contributed by atoms with Crippen LogP contribution >= 0.6 is 0 Å².